The van der Waals surface area contributed by atoms with Crippen LogP contribution in [0.15, 0.2) is 35.9 Å². The third-order valence-corrected chi connectivity index (χ3v) is 4.09. The van der Waals surface area contributed by atoms with Gasteiger partial charge >= 0.3 is 0 Å². The van der Waals surface area contributed by atoms with Gasteiger partial charge in [-0.1, -0.05) is 6.08 Å². The average molecular weight is 362 g/mol. The zero-order chi connectivity index (χ0) is 19.2. The van der Waals surface area contributed by atoms with Gasteiger partial charge in [-0.2, -0.15) is 0 Å². The van der Waals surface area contributed by atoms with Gasteiger partial charge in [0.2, 0.25) is 0 Å². The lowest BCUT2D eigenvalue weighted by Crippen LogP contribution is -2.61. The number of rotatable bonds is 7. The molecule has 1 aliphatic rings. The van der Waals surface area contributed by atoms with Gasteiger partial charge in [-0.3, -0.25) is 14.8 Å². The minimum atomic E-state index is -1.08. The van der Waals surface area contributed by atoms with Crippen LogP contribution in [0, 0.1) is 0 Å². The summed E-state index contributed by atoms with van der Waals surface area (Å²) in [6.07, 6.45) is 3.08. The number of nitrogens with one attached hydrogen (secondary N) is 3. The molecule has 1 heterocycles. The van der Waals surface area contributed by atoms with Crippen molar-refractivity contribution in [3.05, 3.63) is 41.5 Å². The van der Waals surface area contributed by atoms with E-state index < -0.39 is 23.4 Å². The van der Waals surface area contributed by atoms with Crippen LogP contribution in [-0.4, -0.2) is 48.3 Å². The Bertz CT molecular complexity index is 665. The summed E-state index contributed by atoms with van der Waals surface area (Å²) in [5, 5.41) is 14.6. The molecule has 0 radical (unpaired) electrons. The van der Waals surface area contributed by atoms with Gasteiger partial charge in [0.15, 0.2) is 0 Å². The number of carbonyl (C=O) groups is 2. The molecule has 8 heteroatoms. The first-order chi connectivity index (χ1) is 12.3. The van der Waals surface area contributed by atoms with Gasteiger partial charge in [0.1, 0.15) is 18.4 Å². The van der Waals surface area contributed by atoms with Crippen LogP contribution in [0.5, 0.6) is 5.75 Å². The van der Waals surface area contributed by atoms with E-state index in [9.17, 15) is 9.59 Å². The summed E-state index contributed by atoms with van der Waals surface area (Å²) < 4.78 is 5.73. The third kappa shape index (κ3) is 5.55. The molecule has 6 N–H and O–H groups in total. The Morgan fingerprint density at radius 2 is 2.04 bits per heavy atom. The Labute approximate surface area is 152 Å². The highest BCUT2D eigenvalue weighted by Gasteiger charge is 2.33. The quantitative estimate of drug-likeness (QED) is 0.270. The van der Waals surface area contributed by atoms with Gasteiger partial charge in [0.25, 0.3) is 11.8 Å². The predicted octanol–water partition coefficient (Wildman–Crippen LogP) is 0.326. The summed E-state index contributed by atoms with van der Waals surface area (Å²) in [6.45, 7) is 5.50. The van der Waals surface area contributed by atoms with E-state index in [1.807, 2.05) is 0 Å². The maximum Gasteiger partial charge on any atom is 0.267 e. The molecule has 0 aromatic heterocycles. The van der Waals surface area contributed by atoms with Crippen molar-refractivity contribution in [2.45, 2.75) is 31.8 Å². The standard InChI is InChI=1S/C18H26N4O4/c1-18(2,19)15(17(24)22-25)21-16(23)13-3-5-14(6-4-13)26-11-12-7-9-20-10-8-12/h3-7,15,20,25H,8-11,19H2,1-2H3,(H,21,23)(H,22,24)/t15-/m1/s1. The Hall–Kier alpha value is -2.42. The molecule has 1 atom stereocenters. The largest absolute Gasteiger partial charge is 0.489 e. The second-order valence-electron chi connectivity index (χ2n) is 6.83. The summed E-state index contributed by atoms with van der Waals surface area (Å²) in [4.78, 5) is 24.1. The Morgan fingerprint density at radius 1 is 1.35 bits per heavy atom. The van der Waals surface area contributed by atoms with Crippen LogP contribution in [0.2, 0.25) is 0 Å². The highest BCUT2D eigenvalue weighted by atomic mass is 16.5. The summed E-state index contributed by atoms with van der Waals surface area (Å²) in [5.41, 5.74) is 7.98. The highest BCUT2D eigenvalue weighted by Crippen LogP contribution is 2.15. The van der Waals surface area contributed by atoms with Crippen LogP contribution >= 0.6 is 0 Å². The van der Waals surface area contributed by atoms with E-state index in [1.54, 1.807) is 38.1 Å². The molecule has 2 amide bonds. The van der Waals surface area contributed by atoms with Crippen LogP contribution in [0.1, 0.15) is 30.6 Å². The van der Waals surface area contributed by atoms with E-state index in [-0.39, 0.29) is 0 Å². The second-order valence-corrected chi connectivity index (χ2v) is 6.83. The first-order valence-corrected chi connectivity index (χ1v) is 8.46. The van der Waals surface area contributed by atoms with Crippen molar-refractivity contribution in [2.75, 3.05) is 19.7 Å². The molecule has 0 saturated carbocycles. The molecular weight excluding hydrogens is 336 g/mol. The molecule has 0 fully saturated rings. The van der Waals surface area contributed by atoms with E-state index in [1.165, 1.54) is 11.1 Å². The zero-order valence-electron chi connectivity index (χ0n) is 15.0. The number of hydrogen-bond donors (Lipinski definition) is 5. The third-order valence-electron chi connectivity index (χ3n) is 4.09. The first-order valence-electron chi connectivity index (χ1n) is 8.46. The van der Waals surface area contributed by atoms with Crippen molar-refractivity contribution in [1.82, 2.24) is 16.1 Å². The van der Waals surface area contributed by atoms with Gasteiger partial charge < -0.3 is 21.1 Å². The van der Waals surface area contributed by atoms with Crippen LogP contribution in [0.4, 0.5) is 0 Å². The lowest BCUT2D eigenvalue weighted by Gasteiger charge is -2.29. The van der Waals surface area contributed by atoms with E-state index >= 15 is 0 Å². The lowest BCUT2D eigenvalue weighted by atomic mass is 9.95. The Morgan fingerprint density at radius 3 is 2.58 bits per heavy atom. The molecule has 1 aromatic rings. The summed E-state index contributed by atoms with van der Waals surface area (Å²) in [5.74, 6) is -0.587. The van der Waals surface area contributed by atoms with E-state index in [4.69, 9.17) is 15.7 Å². The number of hydroxylamine groups is 1. The van der Waals surface area contributed by atoms with Gasteiger partial charge in [-0.25, -0.2) is 5.48 Å². The van der Waals surface area contributed by atoms with E-state index in [0.29, 0.717) is 17.9 Å². The predicted molar refractivity (Wildman–Crippen MR) is 97.0 cm³/mol. The Balaban J connectivity index is 1.96. The SMILES string of the molecule is CC(C)(N)[C@H](NC(=O)c1ccc(OCC2=CCNCC2)cc1)C(=O)NO. The van der Waals surface area contributed by atoms with Gasteiger partial charge in [0, 0.05) is 17.6 Å². The average Bonchev–Trinajstić information content (AvgIpc) is 2.64. The van der Waals surface area contributed by atoms with Crippen LogP contribution < -0.4 is 26.6 Å². The van der Waals surface area contributed by atoms with Crippen molar-refractivity contribution >= 4 is 11.8 Å². The fourth-order valence-corrected chi connectivity index (χ4v) is 2.55. The molecule has 1 aromatic carbocycles. The van der Waals surface area contributed by atoms with Crippen LogP contribution in [-0.2, 0) is 4.79 Å². The maximum absolute atomic E-state index is 12.4. The monoisotopic (exact) mass is 362 g/mol. The molecule has 0 aliphatic carbocycles. The molecule has 2 rings (SSSR count). The van der Waals surface area contributed by atoms with E-state index in [0.717, 1.165) is 19.5 Å². The summed E-state index contributed by atoms with van der Waals surface area (Å²) >= 11 is 0. The lowest BCUT2D eigenvalue weighted by molar-refractivity contribution is -0.132. The van der Waals surface area contributed by atoms with Crippen molar-refractivity contribution in [2.24, 2.45) is 5.73 Å². The Kier molecular flexibility index (Phi) is 6.73. The molecule has 0 spiro atoms. The fraction of sp³-hybridized carbons (Fsp3) is 0.444. The summed E-state index contributed by atoms with van der Waals surface area (Å²) in [6, 6.07) is 5.54. The van der Waals surface area contributed by atoms with Crippen LogP contribution in [0.25, 0.3) is 0 Å². The minimum absolute atomic E-state index is 0.360. The van der Waals surface area contributed by atoms with Gasteiger partial charge in [0.05, 0.1) is 0 Å². The number of hydrogen-bond acceptors (Lipinski definition) is 6. The summed E-state index contributed by atoms with van der Waals surface area (Å²) in [7, 11) is 0. The molecule has 0 saturated heterocycles. The van der Waals surface area contributed by atoms with Crippen molar-refractivity contribution in [3.63, 3.8) is 0 Å². The van der Waals surface area contributed by atoms with Crippen LogP contribution in [0.3, 0.4) is 0 Å². The van der Waals surface area contributed by atoms with Crippen molar-refractivity contribution in [1.29, 1.82) is 0 Å². The minimum Gasteiger partial charge on any atom is -0.489 e. The smallest absolute Gasteiger partial charge is 0.267 e. The zero-order valence-corrected chi connectivity index (χ0v) is 15.0. The molecule has 0 bridgehead atoms. The molecular formula is C18H26N4O4. The van der Waals surface area contributed by atoms with Crippen molar-refractivity contribution < 1.29 is 19.5 Å². The molecule has 8 nitrogen and oxygen atoms in total. The number of carbonyl (C=O) groups excluding carboxylic acids is 2. The number of ether oxygens (including phenoxy) is 1. The number of amides is 2. The first kappa shape index (κ1) is 19.9. The van der Waals surface area contributed by atoms with Gasteiger partial charge in [-0.05, 0) is 56.7 Å². The highest BCUT2D eigenvalue weighted by molar-refractivity contribution is 5.97. The fourth-order valence-electron chi connectivity index (χ4n) is 2.55. The number of nitrogens with two attached hydrogens (primary N) is 1. The molecule has 1 aliphatic heterocycles. The second kappa shape index (κ2) is 8.79. The number of benzene rings is 1. The van der Waals surface area contributed by atoms with Gasteiger partial charge in [-0.15, -0.1) is 0 Å². The molecule has 0 unspecified atom stereocenters. The molecule has 26 heavy (non-hydrogen) atoms. The normalized spacial score (nSPS) is 15.6. The topological polar surface area (TPSA) is 126 Å². The maximum atomic E-state index is 12.4. The molecule has 142 valence electrons. The van der Waals surface area contributed by atoms with E-state index in [2.05, 4.69) is 16.7 Å². The van der Waals surface area contributed by atoms with Crippen molar-refractivity contribution in [3.8, 4) is 5.75 Å².